The first-order chi connectivity index (χ1) is 7.50. The lowest BCUT2D eigenvalue weighted by molar-refractivity contribution is -0.385. The lowest BCUT2D eigenvalue weighted by Crippen LogP contribution is -2.29. The van der Waals surface area contributed by atoms with E-state index in [1.54, 1.807) is 0 Å². The van der Waals surface area contributed by atoms with Crippen LogP contribution in [0.1, 0.15) is 12.8 Å². The molecule has 0 radical (unpaired) electrons. The first-order valence-electron chi connectivity index (χ1n) is 4.86. The molecule has 0 unspecified atom stereocenters. The number of ether oxygens (including phenoxy) is 1. The van der Waals surface area contributed by atoms with Crippen molar-refractivity contribution in [2.45, 2.75) is 18.4 Å². The Morgan fingerprint density at radius 3 is 2.81 bits per heavy atom. The van der Waals surface area contributed by atoms with Crippen LogP contribution in [-0.4, -0.2) is 17.1 Å². The Balaban J connectivity index is 2.12. The Kier molecular flexibility index (Phi) is 2.51. The summed E-state index contributed by atoms with van der Waals surface area (Å²) in [5, 5.41) is 10.5. The number of halogens is 1. The summed E-state index contributed by atoms with van der Waals surface area (Å²) in [5.41, 5.74) is 5.19. The Morgan fingerprint density at radius 2 is 2.25 bits per heavy atom. The second-order valence-electron chi connectivity index (χ2n) is 4.02. The molecule has 2 N–H and O–H groups in total. The fourth-order valence-corrected chi connectivity index (χ4v) is 1.24. The Morgan fingerprint density at radius 1 is 1.56 bits per heavy atom. The van der Waals surface area contributed by atoms with Crippen LogP contribution in [-0.2, 0) is 0 Å². The van der Waals surface area contributed by atoms with Crippen LogP contribution in [0.3, 0.4) is 0 Å². The zero-order valence-electron chi connectivity index (χ0n) is 8.48. The smallest absolute Gasteiger partial charge is 0.273 e. The monoisotopic (exact) mass is 226 g/mol. The van der Waals surface area contributed by atoms with E-state index in [9.17, 15) is 14.5 Å². The lowest BCUT2D eigenvalue weighted by atomic mass is 10.3. The molecule has 0 spiro atoms. The van der Waals surface area contributed by atoms with Gasteiger partial charge in [-0.15, -0.1) is 0 Å². The summed E-state index contributed by atoms with van der Waals surface area (Å²) in [7, 11) is 0. The van der Waals surface area contributed by atoms with Crippen molar-refractivity contribution >= 4 is 5.69 Å². The fraction of sp³-hybridized carbons (Fsp3) is 0.400. The van der Waals surface area contributed by atoms with Crippen LogP contribution in [0.5, 0.6) is 5.75 Å². The van der Waals surface area contributed by atoms with Gasteiger partial charge in [-0.05, 0) is 18.9 Å². The van der Waals surface area contributed by atoms with Gasteiger partial charge in [0.25, 0.3) is 5.69 Å². The lowest BCUT2D eigenvalue weighted by Gasteiger charge is -2.11. The van der Waals surface area contributed by atoms with Crippen molar-refractivity contribution in [3.05, 3.63) is 34.1 Å². The first kappa shape index (κ1) is 10.8. The van der Waals surface area contributed by atoms with Crippen LogP contribution in [0.25, 0.3) is 0 Å². The van der Waals surface area contributed by atoms with E-state index in [1.165, 1.54) is 0 Å². The molecule has 1 saturated carbocycles. The zero-order valence-corrected chi connectivity index (χ0v) is 8.48. The molecule has 0 bridgehead atoms. The van der Waals surface area contributed by atoms with E-state index < -0.39 is 10.7 Å². The summed E-state index contributed by atoms with van der Waals surface area (Å²) in [6.45, 7) is 0.186. The molecular formula is C10H11FN2O3. The van der Waals surface area contributed by atoms with E-state index in [0.717, 1.165) is 31.0 Å². The third-order valence-electron chi connectivity index (χ3n) is 2.53. The highest BCUT2D eigenvalue weighted by atomic mass is 19.1. The maximum atomic E-state index is 13.2. The molecule has 1 aliphatic carbocycles. The van der Waals surface area contributed by atoms with Gasteiger partial charge in [0.15, 0.2) is 11.6 Å². The highest BCUT2D eigenvalue weighted by molar-refractivity contribution is 5.39. The van der Waals surface area contributed by atoms with E-state index in [2.05, 4.69) is 0 Å². The van der Waals surface area contributed by atoms with Gasteiger partial charge in [-0.1, -0.05) is 0 Å². The number of benzene rings is 1. The molecule has 1 fully saturated rings. The number of nitro benzene ring substituents is 1. The van der Waals surface area contributed by atoms with Gasteiger partial charge in [-0.2, -0.15) is 0 Å². The topological polar surface area (TPSA) is 78.4 Å². The minimum absolute atomic E-state index is 0.120. The molecule has 0 heterocycles. The molecule has 16 heavy (non-hydrogen) atoms. The maximum absolute atomic E-state index is 13.2. The predicted molar refractivity (Wildman–Crippen MR) is 54.7 cm³/mol. The minimum Gasteiger partial charge on any atom is -0.488 e. The van der Waals surface area contributed by atoms with Gasteiger partial charge in [-0.25, -0.2) is 4.39 Å². The fourth-order valence-electron chi connectivity index (χ4n) is 1.24. The average Bonchev–Trinajstić information content (AvgIpc) is 2.95. The van der Waals surface area contributed by atoms with E-state index in [4.69, 9.17) is 10.5 Å². The van der Waals surface area contributed by atoms with Crippen LogP contribution in [0.2, 0.25) is 0 Å². The van der Waals surface area contributed by atoms with Gasteiger partial charge in [-0.3, -0.25) is 10.1 Å². The summed E-state index contributed by atoms with van der Waals surface area (Å²) in [6, 6.07) is 3.18. The number of hydrogen-bond acceptors (Lipinski definition) is 4. The van der Waals surface area contributed by atoms with Crippen molar-refractivity contribution in [2.75, 3.05) is 6.61 Å². The molecule has 0 amide bonds. The van der Waals surface area contributed by atoms with Crippen molar-refractivity contribution in [1.82, 2.24) is 0 Å². The molecule has 1 aliphatic rings. The van der Waals surface area contributed by atoms with Crippen molar-refractivity contribution < 1.29 is 14.1 Å². The molecule has 86 valence electrons. The predicted octanol–water partition coefficient (Wildman–Crippen LogP) is 1.60. The van der Waals surface area contributed by atoms with E-state index in [1.807, 2.05) is 0 Å². The number of nitro groups is 1. The summed E-state index contributed by atoms with van der Waals surface area (Å²) in [6.07, 6.45) is 1.67. The second-order valence-corrected chi connectivity index (χ2v) is 4.02. The molecule has 1 aromatic rings. The number of hydrogen-bond donors (Lipinski definition) is 1. The van der Waals surface area contributed by atoms with Crippen molar-refractivity contribution in [3.8, 4) is 5.75 Å². The minimum atomic E-state index is -0.616. The highest BCUT2D eigenvalue weighted by Crippen LogP contribution is 2.33. The van der Waals surface area contributed by atoms with Crippen LogP contribution in [0.4, 0.5) is 10.1 Å². The second kappa shape index (κ2) is 3.71. The third-order valence-corrected chi connectivity index (χ3v) is 2.53. The Bertz CT molecular complexity index is 432. The molecule has 1 aromatic carbocycles. The molecular weight excluding hydrogens is 215 g/mol. The van der Waals surface area contributed by atoms with Crippen molar-refractivity contribution in [1.29, 1.82) is 0 Å². The van der Waals surface area contributed by atoms with Crippen LogP contribution >= 0.6 is 0 Å². The summed E-state index contributed by atoms with van der Waals surface area (Å²) in [4.78, 5) is 9.89. The molecule has 2 rings (SSSR count). The van der Waals surface area contributed by atoms with Crippen LogP contribution < -0.4 is 10.5 Å². The normalized spacial score (nSPS) is 16.9. The van der Waals surface area contributed by atoms with Gasteiger partial charge in [0, 0.05) is 6.07 Å². The van der Waals surface area contributed by atoms with Gasteiger partial charge in [0.2, 0.25) is 0 Å². The zero-order chi connectivity index (χ0) is 11.8. The molecule has 6 heteroatoms. The van der Waals surface area contributed by atoms with Crippen LogP contribution in [0, 0.1) is 15.9 Å². The molecule has 0 aromatic heterocycles. The standard InChI is InChI=1S/C10H11FN2O3/c11-8-2-1-7(13(14)15)5-9(8)16-6-10(12)3-4-10/h1-2,5H,3-4,6,12H2. The largest absolute Gasteiger partial charge is 0.488 e. The third kappa shape index (κ3) is 2.27. The first-order valence-corrected chi connectivity index (χ1v) is 4.86. The van der Waals surface area contributed by atoms with Crippen LogP contribution in [0.15, 0.2) is 18.2 Å². The Hall–Kier alpha value is -1.69. The van der Waals surface area contributed by atoms with E-state index in [-0.39, 0.29) is 23.6 Å². The van der Waals surface area contributed by atoms with Gasteiger partial charge in [0.05, 0.1) is 16.5 Å². The molecule has 0 aliphatic heterocycles. The van der Waals surface area contributed by atoms with Gasteiger partial charge < -0.3 is 10.5 Å². The summed E-state index contributed by atoms with van der Waals surface area (Å²) >= 11 is 0. The van der Waals surface area contributed by atoms with Gasteiger partial charge in [0.1, 0.15) is 6.61 Å². The molecule has 0 atom stereocenters. The molecule has 0 saturated heterocycles. The number of rotatable bonds is 4. The highest BCUT2D eigenvalue weighted by Gasteiger charge is 2.39. The number of nitrogens with zero attached hydrogens (tertiary/aromatic N) is 1. The number of nitrogens with two attached hydrogens (primary N) is 1. The van der Waals surface area contributed by atoms with E-state index >= 15 is 0 Å². The average molecular weight is 226 g/mol. The van der Waals surface area contributed by atoms with E-state index in [0.29, 0.717) is 0 Å². The van der Waals surface area contributed by atoms with Crippen molar-refractivity contribution in [2.24, 2.45) is 5.73 Å². The quantitative estimate of drug-likeness (QED) is 0.624. The molecule has 5 nitrogen and oxygen atoms in total. The number of non-ortho nitro benzene ring substituents is 1. The SMILES string of the molecule is NC1(COc2cc([N+](=O)[O-])ccc2F)CC1. The maximum Gasteiger partial charge on any atom is 0.273 e. The summed E-state index contributed by atoms with van der Waals surface area (Å²) < 4.78 is 18.4. The Labute approximate surface area is 91.2 Å². The van der Waals surface area contributed by atoms with Gasteiger partial charge >= 0.3 is 0 Å². The summed E-state index contributed by atoms with van der Waals surface area (Å²) in [5.74, 6) is -0.735. The van der Waals surface area contributed by atoms with Crippen molar-refractivity contribution in [3.63, 3.8) is 0 Å².